The van der Waals surface area contributed by atoms with Crippen molar-refractivity contribution >= 4 is 11.6 Å². The third-order valence-electron chi connectivity index (χ3n) is 2.37. The lowest BCUT2D eigenvalue weighted by Crippen LogP contribution is -2.14. The maximum absolute atomic E-state index is 13.4. The molecule has 7 heteroatoms. The smallest absolute Gasteiger partial charge is 0.323 e. The zero-order valence-corrected chi connectivity index (χ0v) is 10.2. The zero-order valence-electron chi connectivity index (χ0n) is 10.2. The van der Waals surface area contributed by atoms with E-state index >= 15 is 0 Å². The quantitative estimate of drug-likeness (QED) is 0.598. The Labute approximate surface area is 112 Å². The van der Waals surface area contributed by atoms with E-state index in [1.54, 1.807) is 0 Å². The summed E-state index contributed by atoms with van der Waals surface area (Å²) in [6, 6.07) is 3.85. The molecule has 20 heavy (non-hydrogen) atoms. The van der Waals surface area contributed by atoms with Gasteiger partial charge in [0.15, 0.2) is 0 Å². The number of anilines is 1. The Kier molecular flexibility index (Phi) is 3.98. The third kappa shape index (κ3) is 3.13. The minimum absolute atomic E-state index is 0.0550. The number of hydrogen-bond donors (Lipinski definition) is 4. The number of aliphatic hydroxyl groups excluding tert-OH is 1. The minimum Gasteiger partial charge on any atom is -0.384 e. The summed E-state index contributed by atoms with van der Waals surface area (Å²) in [6.45, 7) is -0.388. The molecule has 0 radical (unpaired) electrons. The summed E-state index contributed by atoms with van der Waals surface area (Å²) in [5.74, 6) is 3.65. The van der Waals surface area contributed by atoms with Gasteiger partial charge < -0.3 is 20.4 Å². The monoisotopic (exact) mass is 275 g/mol. The second-order valence-electron chi connectivity index (χ2n) is 3.77. The molecular weight excluding hydrogens is 265 g/mol. The molecule has 0 unspecified atom stereocenters. The first-order valence-corrected chi connectivity index (χ1v) is 5.58. The van der Waals surface area contributed by atoms with Gasteiger partial charge in [-0.15, -0.1) is 0 Å². The van der Waals surface area contributed by atoms with Crippen LogP contribution in [-0.4, -0.2) is 27.6 Å². The largest absolute Gasteiger partial charge is 0.384 e. The van der Waals surface area contributed by atoms with Gasteiger partial charge in [0.05, 0.1) is 5.56 Å². The highest BCUT2D eigenvalue weighted by molar-refractivity contribution is 6.02. The topological polar surface area (TPSA) is 98.0 Å². The van der Waals surface area contributed by atoms with E-state index in [2.05, 4.69) is 27.1 Å². The zero-order chi connectivity index (χ0) is 14.5. The Balaban J connectivity index is 2.21. The second-order valence-corrected chi connectivity index (χ2v) is 3.77. The summed E-state index contributed by atoms with van der Waals surface area (Å²) in [7, 11) is 0. The van der Waals surface area contributed by atoms with Gasteiger partial charge in [0, 0.05) is 11.9 Å². The van der Waals surface area contributed by atoms with Crippen LogP contribution < -0.4 is 11.0 Å². The third-order valence-corrected chi connectivity index (χ3v) is 2.37. The van der Waals surface area contributed by atoms with Crippen molar-refractivity contribution in [3.8, 4) is 11.8 Å². The fraction of sp³-hybridized carbons (Fsp3) is 0.0769. The molecule has 0 bridgehead atoms. The van der Waals surface area contributed by atoms with Crippen molar-refractivity contribution in [3.05, 3.63) is 52.0 Å². The predicted octanol–water partition coefficient (Wildman–Crippen LogP) is 0.438. The fourth-order valence-electron chi connectivity index (χ4n) is 1.49. The van der Waals surface area contributed by atoms with E-state index in [9.17, 15) is 14.0 Å². The Morgan fingerprint density at radius 1 is 1.45 bits per heavy atom. The minimum atomic E-state index is -0.556. The summed E-state index contributed by atoms with van der Waals surface area (Å²) < 4.78 is 13.4. The van der Waals surface area contributed by atoms with Gasteiger partial charge in [0.1, 0.15) is 18.1 Å². The number of carbonyl (C=O) groups excluding carboxylic acids is 1. The number of imidazole rings is 1. The molecule has 2 aromatic rings. The number of halogens is 1. The summed E-state index contributed by atoms with van der Waals surface area (Å²) in [5.41, 5.74) is -0.0637. The summed E-state index contributed by atoms with van der Waals surface area (Å²) >= 11 is 0. The Hall–Kier alpha value is -2.85. The molecule has 1 amide bonds. The van der Waals surface area contributed by atoms with Crippen molar-refractivity contribution in [2.45, 2.75) is 0 Å². The lowest BCUT2D eigenvalue weighted by atomic mass is 10.2. The number of nitrogens with one attached hydrogen (secondary N) is 3. The molecule has 4 N–H and O–H groups in total. The number of aromatic nitrogens is 2. The van der Waals surface area contributed by atoms with Crippen LogP contribution in [0, 0.1) is 17.7 Å². The number of H-pyrrole nitrogens is 2. The van der Waals surface area contributed by atoms with Gasteiger partial charge >= 0.3 is 5.69 Å². The normalized spacial score (nSPS) is 9.70. The number of hydrogen-bond acceptors (Lipinski definition) is 3. The maximum atomic E-state index is 13.4. The van der Waals surface area contributed by atoms with Gasteiger partial charge in [0.25, 0.3) is 5.91 Å². The van der Waals surface area contributed by atoms with E-state index in [0.717, 1.165) is 6.07 Å². The van der Waals surface area contributed by atoms with Crippen molar-refractivity contribution in [2.75, 3.05) is 11.9 Å². The number of carbonyl (C=O) groups is 1. The number of benzene rings is 1. The van der Waals surface area contributed by atoms with Crippen LogP contribution in [0.1, 0.15) is 16.1 Å². The molecule has 1 aromatic heterocycles. The van der Waals surface area contributed by atoms with Crippen LogP contribution in [-0.2, 0) is 0 Å². The van der Waals surface area contributed by atoms with Crippen molar-refractivity contribution in [3.63, 3.8) is 0 Å². The van der Waals surface area contributed by atoms with Crippen LogP contribution in [0.5, 0.6) is 0 Å². The molecule has 102 valence electrons. The van der Waals surface area contributed by atoms with Gasteiger partial charge in [0.2, 0.25) is 0 Å². The van der Waals surface area contributed by atoms with Crippen LogP contribution in [0.15, 0.2) is 29.2 Å². The first kappa shape index (κ1) is 13.6. The summed E-state index contributed by atoms with van der Waals surface area (Å²) in [4.78, 5) is 27.2. The molecule has 1 heterocycles. The molecule has 0 aliphatic heterocycles. The molecule has 0 atom stereocenters. The number of aromatic amines is 2. The lowest BCUT2D eigenvalue weighted by Gasteiger charge is -2.04. The van der Waals surface area contributed by atoms with Crippen LogP contribution in [0.4, 0.5) is 10.1 Å². The maximum Gasteiger partial charge on any atom is 0.323 e. The van der Waals surface area contributed by atoms with Crippen molar-refractivity contribution < 1.29 is 14.3 Å². The average Bonchev–Trinajstić information content (AvgIpc) is 2.86. The van der Waals surface area contributed by atoms with E-state index in [0.29, 0.717) is 5.69 Å². The van der Waals surface area contributed by atoms with Crippen molar-refractivity contribution in [1.29, 1.82) is 0 Å². The predicted molar refractivity (Wildman–Crippen MR) is 69.7 cm³/mol. The van der Waals surface area contributed by atoms with Gasteiger partial charge in [-0.2, -0.15) is 0 Å². The highest BCUT2D eigenvalue weighted by atomic mass is 19.1. The molecule has 0 saturated carbocycles. The molecule has 0 fully saturated rings. The lowest BCUT2D eigenvalue weighted by molar-refractivity contribution is 0.102. The first-order chi connectivity index (χ1) is 9.60. The second kappa shape index (κ2) is 5.86. The molecule has 0 aliphatic carbocycles. The molecule has 1 aromatic carbocycles. The number of aliphatic hydroxyl groups is 1. The molecule has 0 saturated heterocycles. The molecular formula is C13H10FN3O3. The number of amides is 1. The molecule has 0 spiro atoms. The van der Waals surface area contributed by atoms with Crippen molar-refractivity contribution in [1.82, 2.24) is 9.97 Å². The fourth-order valence-corrected chi connectivity index (χ4v) is 1.49. The van der Waals surface area contributed by atoms with E-state index in [-0.39, 0.29) is 17.9 Å². The number of rotatable bonds is 2. The van der Waals surface area contributed by atoms with E-state index in [1.165, 1.54) is 18.3 Å². The van der Waals surface area contributed by atoms with E-state index in [4.69, 9.17) is 5.11 Å². The molecule has 0 aliphatic rings. The van der Waals surface area contributed by atoms with E-state index in [1.807, 2.05) is 0 Å². The molecule has 2 rings (SSSR count). The SMILES string of the molecule is O=C(Nc1ccc(F)c(C#CCO)c1)c1c[nH]c(=O)[nH]1. The van der Waals surface area contributed by atoms with Crippen LogP contribution in [0.25, 0.3) is 0 Å². The first-order valence-electron chi connectivity index (χ1n) is 5.58. The standard InChI is InChI=1S/C13H10FN3O3/c14-10-4-3-9(6-8(10)2-1-5-18)16-12(19)11-7-15-13(20)17-11/h3-4,6-7,18H,5H2,(H,16,19)(H2,15,17,20). The van der Waals surface area contributed by atoms with Gasteiger partial charge in [-0.3, -0.25) is 4.79 Å². The van der Waals surface area contributed by atoms with E-state index < -0.39 is 17.4 Å². The average molecular weight is 275 g/mol. The Morgan fingerprint density at radius 3 is 2.90 bits per heavy atom. The summed E-state index contributed by atoms with van der Waals surface area (Å²) in [5, 5.41) is 11.1. The highest BCUT2D eigenvalue weighted by Crippen LogP contribution is 2.14. The van der Waals surface area contributed by atoms with Crippen LogP contribution in [0.2, 0.25) is 0 Å². The Morgan fingerprint density at radius 2 is 2.25 bits per heavy atom. The molecule has 6 nitrogen and oxygen atoms in total. The van der Waals surface area contributed by atoms with Gasteiger partial charge in [-0.1, -0.05) is 11.8 Å². The van der Waals surface area contributed by atoms with Gasteiger partial charge in [-0.05, 0) is 18.2 Å². The summed E-state index contributed by atoms with van der Waals surface area (Å²) in [6.07, 6.45) is 1.23. The van der Waals surface area contributed by atoms with Crippen molar-refractivity contribution in [2.24, 2.45) is 0 Å². The highest BCUT2D eigenvalue weighted by Gasteiger charge is 2.09. The van der Waals surface area contributed by atoms with Crippen LogP contribution >= 0.6 is 0 Å². The van der Waals surface area contributed by atoms with Crippen LogP contribution in [0.3, 0.4) is 0 Å². The Bertz CT molecular complexity index is 752. The van der Waals surface area contributed by atoms with Gasteiger partial charge in [-0.25, -0.2) is 9.18 Å².